The zero-order valence-electron chi connectivity index (χ0n) is 17.9. The lowest BCUT2D eigenvalue weighted by Crippen LogP contribution is -2.19. The molecule has 0 saturated heterocycles. The molecule has 2 heterocycles. The fourth-order valence-corrected chi connectivity index (χ4v) is 6.02. The van der Waals surface area contributed by atoms with Crippen LogP contribution in [-0.4, -0.2) is 49.9 Å². The zero-order chi connectivity index (χ0) is 22.7. The quantitative estimate of drug-likeness (QED) is 0.502. The molecule has 0 radical (unpaired) electrons. The molecule has 0 spiro atoms. The summed E-state index contributed by atoms with van der Waals surface area (Å²) in [7, 11) is -3.55. The van der Waals surface area contributed by atoms with Crippen molar-refractivity contribution in [1.82, 2.24) is 4.57 Å². The predicted molar refractivity (Wildman–Crippen MR) is 128 cm³/mol. The topological polar surface area (TPSA) is 87.0 Å². The van der Waals surface area contributed by atoms with Crippen LogP contribution >= 0.6 is 23.1 Å². The van der Waals surface area contributed by atoms with Gasteiger partial charge in [-0.15, -0.1) is 0 Å². The Bertz CT molecular complexity index is 1310. The molecule has 0 bridgehead atoms. The van der Waals surface area contributed by atoms with Crippen molar-refractivity contribution in [3.05, 3.63) is 46.8 Å². The molecule has 170 valence electrons. The van der Waals surface area contributed by atoms with E-state index in [0.29, 0.717) is 36.1 Å². The van der Waals surface area contributed by atoms with Crippen molar-refractivity contribution < 1.29 is 22.7 Å². The number of fused-ring (bicyclic) bond motifs is 2. The molecule has 7 nitrogen and oxygen atoms in total. The van der Waals surface area contributed by atoms with E-state index in [-0.39, 0.29) is 17.1 Å². The second-order valence-electron chi connectivity index (χ2n) is 7.38. The minimum atomic E-state index is -3.55. The summed E-state index contributed by atoms with van der Waals surface area (Å²) < 4.78 is 39.4. The molecule has 1 amide bonds. The van der Waals surface area contributed by atoms with Crippen LogP contribution in [0.4, 0.5) is 0 Å². The zero-order valence-corrected chi connectivity index (χ0v) is 20.3. The lowest BCUT2D eigenvalue weighted by Gasteiger charge is -2.18. The van der Waals surface area contributed by atoms with Crippen LogP contribution in [0.15, 0.2) is 46.3 Å². The SMILES string of the molecule is CSCCn1c(=NC(=O)CCS(=O)(=O)c2ccc(C)cc2)sc2cc3c(cc21)OCCO3. The number of thioether (sulfide) groups is 1. The Morgan fingerprint density at radius 2 is 1.84 bits per heavy atom. The van der Waals surface area contributed by atoms with Crippen molar-refractivity contribution in [3.8, 4) is 11.5 Å². The maximum absolute atomic E-state index is 12.6. The number of carbonyl (C=O) groups is 1. The highest BCUT2D eigenvalue weighted by Gasteiger charge is 2.18. The van der Waals surface area contributed by atoms with E-state index < -0.39 is 15.7 Å². The standard InChI is InChI=1S/C22H24N2O5S3/c1-15-3-5-16(6-4-15)32(26,27)12-7-21(25)23-22-24(8-11-30-2)17-13-18-19(14-20(17)31-22)29-10-9-28-18/h3-6,13-14H,7-12H2,1-2H3. The summed E-state index contributed by atoms with van der Waals surface area (Å²) in [5, 5.41) is 0. The number of sulfone groups is 1. The molecule has 0 atom stereocenters. The molecule has 0 aliphatic carbocycles. The first-order valence-corrected chi connectivity index (χ1v) is 14.0. The van der Waals surface area contributed by atoms with Gasteiger partial charge in [-0.25, -0.2) is 8.42 Å². The summed E-state index contributed by atoms with van der Waals surface area (Å²) in [5.74, 6) is 1.49. The Labute approximate surface area is 195 Å². The molecule has 3 aromatic rings. The van der Waals surface area contributed by atoms with Gasteiger partial charge in [0.2, 0.25) is 5.91 Å². The fourth-order valence-electron chi connectivity index (χ4n) is 3.34. The molecule has 0 fully saturated rings. The maximum atomic E-state index is 12.6. The highest BCUT2D eigenvalue weighted by Crippen LogP contribution is 2.35. The molecule has 32 heavy (non-hydrogen) atoms. The third kappa shape index (κ3) is 5.02. The van der Waals surface area contributed by atoms with Gasteiger partial charge < -0.3 is 14.0 Å². The van der Waals surface area contributed by atoms with Gasteiger partial charge in [0.05, 0.1) is 20.9 Å². The van der Waals surface area contributed by atoms with Crippen LogP contribution in [0.1, 0.15) is 12.0 Å². The van der Waals surface area contributed by atoms with Crippen LogP contribution in [0, 0.1) is 6.92 Å². The fraction of sp³-hybridized carbons (Fsp3) is 0.364. The van der Waals surface area contributed by atoms with Crippen molar-refractivity contribution in [1.29, 1.82) is 0 Å². The number of nitrogens with zero attached hydrogens (tertiary/aromatic N) is 2. The van der Waals surface area contributed by atoms with E-state index in [1.165, 1.54) is 11.3 Å². The van der Waals surface area contributed by atoms with Crippen molar-refractivity contribution in [2.24, 2.45) is 4.99 Å². The minimum absolute atomic E-state index is 0.171. The number of amides is 1. The summed E-state index contributed by atoms with van der Waals surface area (Å²) in [5.41, 5.74) is 1.90. The number of aryl methyl sites for hydroxylation is 2. The molecule has 4 rings (SSSR count). The second-order valence-corrected chi connectivity index (χ2v) is 11.5. The number of benzene rings is 2. The molecule has 0 saturated carbocycles. The third-order valence-corrected chi connectivity index (χ3v) is 8.41. The average molecular weight is 493 g/mol. The van der Waals surface area contributed by atoms with Gasteiger partial charge in [-0.2, -0.15) is 16.8 Å². The van der Waals surface area contributed by atoms with E-state index in [2.05, 4.69) is 4.99 Å². The van der Waals surface area contributed by atoms with Crippen LogP contribution in [0.25, 0.3) is 10.2 Å². The number of aromatic nitrogens is 1. The number of hydrogen-bond donors (Lipinski definition) is 0. The first kappa shape index (κ1) is 22.9. The number of ether oxygens (including phenoxy) is 2. The summed E-state index contributed by atoms with van der Waals surface area (Å²) in [4.78, 5) is 17.7. The summed E-state index contributed by atoms with van der Waals surface area (Å²) in [6.07, 6.45) is 1.85. The molecule has 1 aliphatic rings. The lowest BCUT2D eigenvalue weighted by atomic mass is 10.2. The summed E-state index contributed by atoms with van der Waals surface area (Å²) in [6, 6.07) is 10.5. The van der Waals surface area contributed by atoms with Gasteiger partial charge in [0, 0.05) is 30.9 Å². The Morgan fingerprint density at radius 1 is 1.16 bits per heavy atom. The summed E-state index contributed by atoms with van der Waals surface area (Å²) in [6.45, 7) is 3.57. The lowest BCUT2D eigenvalue weighted by molar-refractivity contribution is -0.117. The van der Waals surface area contributed by atoms with Gasteiger partial charge in [-0.1, -0.05) is 29.0 Å². The van der Waals surface area contributed by atoms with Crippen molar-refractivity contribution in [2.45, 2.75) is 24.8 Å². The van der Waals surface area contributed by atoms with Crippen LogP contribution in [0.5, 0.6) is 11.5 Å². The smallest absolute Gasteiger partial charge is 0.249 e. The van der Waals surface area contributed by atoms with Gasteiger partial charge in [-0.05, 0) is 25.3 Å². The van der Waals surface area contributed by atoms with E-state index >= 15 is 0 Å². The van der Waals surface area contributed by atoms with Crippen molar-refractivity contribution >= 4 is 49.1 Å². The minimum Gasteiger partial charge on any atom is -0.486 e. The van der Waals surface area contributed by atoms with E-state index in [1.54, 1.807) is 36.0 Å². The Hall–Kier alpha value is -2.30. The predicted octanol–water partition coefficient (Wildman–Crippen LogP) is 3.44. The van der Waals surface area contributed by atoms with Gasteiger partial charge in [0.1, 0.15) is 13.2 Å². The highest BCUT2D eigenvalue weighted by molar-refractivity contribution is 7.98. The highest BCUT2D eigenvalue weighted by atomic mass is 32.2. The number of carbonyl (C=O) groups excluding carboxylic acids is 1. The molecular weight excluding hydrogens is 468 g/mol. The summed E-state index contributed by atoms with van der Waals surface area (Å²) >= 11 is 3.09. The molecule has 0 N–H and O–H groups in total. The second kappa shape index (κ2) is 9.68. The van der Waals surface area contributed by atoms with Gasteiger partial charge in [-0.3, -0.25) is 4.79 Å². The van der Waals surface area contributed by atoms with Crippen molar-refractivity contribution in [2.75, 3.05) is 31.0 Å². The number of hydrogen-bond acceptors (Lipinski definition) is 7. The molecule has 1 aliphatic heterocycles. The van der Waals surface area contributed by atoms with Crippen molar-refractivity contribution in [3.63, 3.8) is 0 Å². The van der Waals surface area contributed by atoms with E-state index in [0.717, 1.165) is 21.5 Å². The van der Waals surface area contributed by atoms with E-state index in [4.69, 9.17) is 9.47 Å². The molecule has 2 aromatic carbocycles. The van der Waals surface area contributed by atoms with E-state index in [9.17, 15) is 13.2 Å². The van der Waals surface area contributed by atoms with Crippen LogP contribution in [0.2, 0.25) is 0 Å². The monoisotopic (exact) mass is 492 g/mol. The molecule has 1 aromatic heterocycles. The Kier molecular flexibility index (Phi) is 6.92. The average Bonchev–Trinajstić information content (AvgIpc) is 3.10. The van der Waals surface area contributed by atoms with Gasteiger partial charge >= 0.3 is 0 Å². The third-order valence-electron chi connectivity index (χ3n) is 5.05. The maximum Gasteiger partial charge on any atom is 0.249 e. The Balaban J connectivity index is 1.61. The Morgan fingerprint density at radius 3 is 2.53 bits per heavy atom. The number of rotatable bonds is 7. The van der Waals surface area contributed by atoms with Crippen LogP contribution < -0.4 is 14.3 Å². The van der Waals surface area contributed by atoms with Gasteiger partial charge in [0.15, 0.2) is 26.1 Å². The normalized spacial score (nSPS) is 14.1. The van der Waals surface area contributed by atoms with E-state index in [1.807, 2.05) is 29.9 Å². The van der Waals surface area contributed by atoms with Crippen LogP contribution in [-0.2, 0) is 21.2 Å². The number of thiazole rings is 1. The molecule has 10 heteroatoms. The molecule has 0 unspecified atom stereocenters. The molecular formula is C22H24N2O5S3. The first-order valence-electron chi connectivity index (χ1n) is 10.2. The van der Waals surface area contributed by atoms with Crippen LogP contribution in [0.3, 0.4) is 0 Å². The van der Waals surface area contributed by atoms with Gasteiger partial charge in [0.25, 0.3) is 0 Å². The first-order chi connectivity index (χ1) is 15.4. The largest absolute Gasteiger partial charge is 0.486 e.